The van der Waals surface area contributed by atoms with E-state index in [0.717, 1.165) is 37.0 Å². The molecule has 30 heavy (non-hydrogen) atoms. The number of carbonyl (C=O) groups excluding carboxylic acids is 1. The minimum atomic E-state index is -1.12. The second-order valence-corrected chi connectivity index (χ2v) is 7.75. The first-order valence-electron chi connectivity index (χ1n) is 10.3. The van der Waals surface area contributed by atoms with Crippen LogP contribution in [0, 0.1) is 17.2 Å². The van der Waals surface area contributed by atoms with E-state index in [0.29, 0.717) is 22.9 Å². The first-order valence-corrected chi connectivity index (χ1v) is 10.3. The van der Waals surface area contributed by atoms with Gasteiger partial charge in [0.1, 0.15) is 12.3 Å². The molecule has 152 valence electrons. The topological polar surface area (TPSA) is 79.1 Å². The molecule has 1 aliphatic heterocycles. The SMILES string of the molecule is CC1CCN(c2nc3ccccc3nc2[C@H](C#N)C(=O)OCc2ccccc2)CC1. The van der Waals surface area contributed by atoms with Gasteiger partial charge in [0, 0.05) is 13.1 Å². The Kier molecular flexibility index (Phi) is 5.89. The Hall–Kier alpha value is -3.46. The summed E-state index contributed by atoms with van der Waals surface area (Å²) in [6.07, 6.45) is 2.09. The summed E-state index contributed by atoms with van der Waals surface area (Å²) in [6, 6.07) is 19.1. The second kappa shape index (κ2) is 8.91. The zero-order valence-corrected chi connectivity index (χ0v) is 17.0. The van der Waals surface area contributed by atoms with Gasteiger partial charge in [0.25, 0.3) is 0 Å². The molecule has 1 aromatic heterocycles. The summed E-state index contributed by atoms with van der Waals surface area (Å²) >= 11 is 0. The molecule has 0 spiro atoms. The lowest BCUT2D eigenvalue weighted by molar-refractivity contribution is -0.145. The molecular weight excluding hydrogens is 376 g/mol. The number of carbonyl (C=O) groups is 1. The van der Waals surface area contributed by atoms with Gasteiger partial charge in [0.15, 0.2) is 11.7 Å². The summed E-state index contributed by atoms with van der Waals surface area (Å²) in [7, 11) is 0. The molecule has 1 saturated heterocycles. The monoisotopic (exact) mass is 400 g/mol. The highest BCUT2D eigenvalue weighted by atomic mass is 16.5. The maximum atomic E-state index is 12.8. The molecule has 1 aliphatic rings. The number of hydrogen-bond donors (Lipinski definition) is 0. The van der Waals surface area contributed by atoms with Crippen molar-refractivity contribution in [3.05, 3.63) is 65.9 Å². The van der Waals surface area contributed by atoms with Crippen LogP contribution in [-0.2, 0) is 16.1 Å². The van der Waals surface area contributed by atoms with Crippen LogP contribution in [0.3, 0.4) is 0 Å². The molecular formula is C24H24N4O2. The lowest BCUT2D eigenvalue weighted by atomic mass is 9.98. The standard InChI is InChI=1S/C24H24N4O2/c1-17-11-13-28(14-12-17)23-22(26-20-9-5-6-10-21(20)27-23)19(15-25)24(29)30-16-18-7-3-2-4-8-18/h2-10,17,19H,11-14,16H2,1H3/t19-/m0/s1. The Bertz CT molecular complexity index is 1070. The number of fused-ring (bicyclic) bond motifs is 1. The van der Waals surface area contributed by atoms with Gasteiger partial charge < -0.3 is 9.64 Å². The highest BCUT2D eigenvalue weighted by molar-refractivity contribution is 5.85. The fraction of sp³-hybridized carbons (Fsp3) is 0.333. The second-order valence-electron chi connectivity index (χ2n) is 7.75. The number of nitriles is 1. The average molecular weight is 400 g/mol. The van der Waals surface area contributed by atoms with Gasteiger partial charge in [-0.3, -0.25) is 4.79 Å². The van der Waals surface area contributed by atoms with Crippen molar-refractivity contribution in [3.8, 4) is 6.07 Å². The highest BCUT2D eigenvalue weighted by Gasteiger charge is 2.31. The Morgan fingerprint density at radius 1 is 1.10 bits per heavy atom. The number of rotatable bonds is 5. The third kappa shape index (κ3) is 4.25. The van der Waals surface area contributed by atoms with Crippen molar-refractivity contribution in [2.75, 3.05) is 18.0 Å². The molecule has 6 heteroatoms. The van der Waals surface area contributed by atoms with E-state index in [1.165, 1.54) is 0 Å². The summed E-state index contributed by atoms with van der Waals surface area (Å²) in [5.41, 5.74) is 2.67. The lowest BCUT2D eigenvalue weighted by Crippen LogP contribution is -2.35. The molecule has 0 bridgehead atoms. The molecule has 3 aromatic rings. The molecule has 0 amide bonds. The molecule has 0 N–H and O–H groups in total. The molecule has 4 rings (SSSR count). The summed E-state index contributed by atoms with van der Waals surface area (Å²) in [5, 5.41) is 9.85. The maximum absolute atomic E-state index is 12.8. The molecule has 0 radical (unpaired) electrons. The number of anilines is 1. The average Bonchev–Trinajstić information content (AvgIpc) is 2.79. The van der Waals surface area contributed by atoms with E-state index in [9.17, 15) is 10.1 Å². The Labute approximate surface area is 176 Å². The van der Waals surface area contributed by atoms with Gasteiger partial charge in [-0.05, 0) is 36.5 Å². The van der Waals surface area contributed by atoms with E-state index in [-0.39, 0.29) is 6.61 Å². The zero-order valence-electron chi connectivity index (χ0n) is 17.0. The summed E-state index contributed by atoms with van der Waals surface area (Å²) in [5.74, 6) is -0.456. The van der Waals surface area contributed by atoms with E-state index in [2.05, 4.69) is 22.9 Å². The number of hydrogen-bond acceptors (Lipinski definition) is 6. The highest BCUT2D eigenvalue weighted by Crippen LogP contribution is 2.30. The van der Waals surface area contributed by atoms with Crippen LogP contribution >= 0.6 is 0 Å². The zero-order chi connectivity index (χ0) is 20.9. The lowest BCUT2D eigenvalue weighted by Gasteiger charge is -2.32. The van der Waals surface area contributed by atoms with Crippen LogP contribution in [0.2, 0.25) is 0 Å². The summed E-state index contributed by atoms with van der Waals surface area (Å²) < 4.78 is 5.46. The van der Waals surface area contributed by atoms with Crippen molar-refractivity contribution in [1.29, 1.82) is 5.26 Å². The number of piperidine rings is 1. The predicted molar refractivity (Wildman–Crippen MR) is 115 cm³/mol. The van der Waals surface area contributed by atoms with Crippen molar-refractivity contribution >= 4 is 22.8 Å². The van der Waals surface area contributed by atoms with E-state index in [1.807, 2.05) is 54.6 Å². The Morgan fingerprint density at radius 2 is 1.73 bits per heavy atom. The van der Waals surface area contributed by atoms with Gasteiger partial charge in [0.2, 0.25) is 0 Å². The van der Waals surface area contributed by atoms with Crippen LogP contribution in [0.1, 0.15) is 36.9 Å². The van der Waals surface area contributed by atoms with Crippen molar-refractivity contribution in [2.24, 2.45) is 5.92 Å². The maximum Gasteiger partial charge on any atom is 0.330 e. The van der Waals surface area contributed by atoms with Crippen molar-refractivity contribution in [2.45, 2.75) is 32.3 Å². The van der Waals surface area contributed by atoms with Crippen LogP contribution in [0.4, 0.5) is 5.82 Å². The van der Waals surface area contributed by atoms with Crippen LogP contribution in [-0.4, -0.2) is 29.0 Å². The van der Waals surface area contributed by atoms with E-state index in [4.69, 9.17) is 9.72 Å². The third-order valence-corrected chi connectivity index (χ3v) is 5.52. The largest absolute Gasteiger partial charge is 0.460 e. The van der Waals surface area contributed by atoms with Gasteiger partial charge in [-0.15, -0.1) is 0 Å². The number of ether oxygens (including phenoxy) is 1. The molecule has 1 atom stereocenters. The van der Waals surface area contributed by atoms with E-state index >= 15 is 0 Å². The summed E-state index contributed by atoms with van der Waals surface area (Å²) in [6.45, 7) is 4.02. The molecule has 0 aliphatic carbocycles. The number of para-hydroxylation sites is 2. The summed E-state index contributed by atoms with van der Waals surface area (Å²) in [4.78, 5) is 24.5. The van der Waals surface area contributed by atoms with Gasteiger partial charge in [-0.25, -0.2) is 9.97 Å². The van der Waals surface area contributed by atoms with Gasteiger partial charge in [0.05, 0.1) is 17.1 Å². The van der Waals surface area contributed by atoms with Crippen LogP contribution in [0.15, 0.2) is 54.6 Å². The van der Waals surface area contributed by atoms with Gasteiger partial charge in [-0.1, -0.05) is 49.4 Å². The number of nitrogens with zero attached hydrogens (tertiary/aromatic N) is 4. The smallest absolute Gasteiger partial charge is 0.330 e. The van der Waals surface area contributed by atoms with Gasteiger partial charge >= 0.3 is 5.97 Å². The Morgan fingerprint density at radius 3 is 2.40 bits per heavy atom. The number of aromatic nitrogens is 2. The predicted octanol–water partition coefficient (Wildman–Crippen LogP) is 4.22. The number of benzene rings is 2. The fourth-order valence-electron chi connectivity index (χ4n) is 3.69. The minimum absolute atomic E-state index is 0.120. The molecule has 1 fully saturated rings. The molecule has 6 nitrogen and oxygen atoms in total. The van der Waals surface area contributed by atoms with Crippen molar-refractivity contribution in [3.63, 3.8) is 0 Å². The first-order chi connectivity index (χ1) is 14.7. The molecule has 0 saturated carbocycles. The van der Waals surface area contributed by atoms with Crippen LogP contribution in [0.25, 0.3) is 11.0 Å². The quantitative estimate of drug-likeness (QED) is 0.597. The first kappa shape index (κ1) is 19.8. The minimum Gasteiger partial charge on any atom is -0.460 e. The molecule has 0 unspecified atom stereocenters. The normalized spacial score (nSPS) is 15.5. The fourth-order valence-corrected chi connectivity index (χ4v) is 3.69. The van der Waals surface area contributed by atoms with E-state index < -0.39 is 11.9 Å². The molecule has 2 aromatic carbocycles. The van der Waals surface area contributed by atoms with E-state index in [1.54, 1.807) is 0 Å². The van der Waals surface area contributed by atoms with Gasteiger partial charge in [-0.2, -0.15) is 5.26 Å². The Balaban J connectivity index is 1.66. The number of esters is 1. The molecule has 2 heterocycles. The van der Waals surface area contributed by atoms with Crippen LogP contribution < -0.4 is 4.90 Å². The van der Waals surface area contributed by atoms with Crippen molar-refractivity contribution < 1.29 is 9.53 Å². The third-order valence-electron chi connectivity index (χ3n) is 5.52. The van der Waals surface area contributed by atoms with Crippen molar-refractivity contribution in [1.82, 2.24) is 9.97 Å². The van der Waals surface area contributed by atoms with Crippen LogP contribution in [0.5, 0.6) is 0 Å².